The number of hydrogen-bond acceptors (Lipinski definition) is 5. The van der Waals surface area contributed by atoms with E-state index in [1.165, 1.54) is 31.6 Å². The number of carbonyl (C=O) groups excluding carboxylic acids is 2. The summed E-state index contributed by atoms with van der Waals surface area (Å²) in [7, 11) is 0. The Bertz CT molecular complexity index is 678. The number of ketones is 1. The first kappa shape index (κ1) is 20.3. The summed E-state index contributed by atoms with van der Waals surface area (Å²) >= 11 is 0. The maximum atomic E-state index is 13.0. The van der Waals surface area contributed by atoms with Crippen LogP contribution < -0.4 is 0 Å². The van der Waals surface area contributed by atoms with Gasteiger partial charge in [-0.15, -0.1) is 0 Å². The van der Waals surface area contributed by atoms with Crippen molar-refractivity contribution in [2.45, 2.75) is 77.1 Å². The largest absolute Gasteiger partial charge is 0.462 e. The van der Waals surface area contributed by atoms with Crippen LogP contribution in [0.3, 0.4) is 0 Å². The Morgan fingerprint density at radius 2 is 2.11 bits per heavy atom. The lowest BCUT2D eigenvalue weighted by molar-refractivity contribution is -0.145. The predicted molar refractivity (Wildman–Crippen MR) is 102 cm³/mol. The number of fused-ring (bicyclic) bond motifs is 2. The molecule has 0 aromatic heterocycles. The van der Waals surface area contributed by atoms with Crippen LogP contribution in [0.2, 0.25) is 0 Å². The summed E-state index contributed by atoms with van der Waals surface area (Å²) in [5.74, 6) is 0.231. The Labute approximate surface area is 161 Å². The van der Waals surface area contributed by atoms with Gasteiger partial charge in [-0.1, -0.05) is 19.1 Å². The SMILES string of the molecule is C=C1CC[C@H]2O[C@]2(C)CC[C@@H]2[C@@H]1C[C@@]2(C)C(=O)/C=C/[C@@](C)(O)COC(C)=O. The van der Waals surface area contributed by atoms with Crippen molar-refractivity contribution in [1.29, 1.82) is 0 Å². The highest BCUT2D eigenvalue weighted by Gasteiger charge is 2.58. The van der Waals surface area contributed by atoms with E-state index in [2.05, 4.69) is 13.5 Å². The molecule has 3 fully saturated rings. The van der Waals surface area contributed by atoms with Gasteiger partial charge in [-0.2, -0.15) is 0 Å². The average molecular weight is 376 g/mol. The van der Waals surface area contributed by atoms with Crippen LogP contribution in [0.4, 0.5) is 0 Å². The molecule has 0 aromatic carbocycles. The van der Waals surface area contributed by atoms with E-state index in [4.69, 9.17) is 9.47 Å². The summed E-state index contributed by atoms with van der Waals surface area (Å²) in [6.07, 6.45) is 7.99. The maximum Gasteiger partial charge on any atom is 0.302 e. The second-order valence-electron chi connectivity index (χ2n) is 9.32. The van der Waals surface area contributed by atoms with Crippen LogP contribution in [-0.2, 0) is 19.1 Å². The molecule has 2 aliphatic carbocycles. The molecule has 150 valence electrons. The predicted octanol–water partition coefficient (Wildman–Crippen LogP) is 3.36. The number of allylic oxidation sites excluding steroid dienone is 2. The Morgan fingerprint density at radius 3 is 2.78 bits per heavy atom. The van der Waals surface area contributed by atoms with Crippen LogP contribution in [0.25, 0.3) is 0 Å². The van der Waals surface area contributed by atoms with Gasteiger partial charge in [0, 0.05) is 12.3 Å². The van der Waals surface area contributed by atoms with Gasteiger partial charge in [0.05, 0.1) is 11.7 Å². The molecule has 5 nitrogen and oxygen atoms in total. The van der Waals surface area contributed by atoms with Gasteiger partial charge in [0.1, 0.15) is 12.2 Å². The Balaban J connectivity index is 1.68. The summed E-state index contributed by atoms with van der Waals surface area (Å²) in [6, 6.07) is 0. The molecule has 0 unspecified atom stereocenters. The monoisotopic (exact) mass is 376 g/mol. The van der Waals surface area contributed by atoms with Crippen LogP contribution in [0.5, 0.6) is 0 Å². The van der Waals surface area contributed by atoms with Crippen LogP contribution in [0, 0.1) is 17.3 Å². The van der Waals surface area contributed by atoms with Gasteiger partial charge in [-0.05, 0) is 69.9 Å². The number of rotatable bonds is 5. The van der Waals surface area contributed by atoms with Crippen molar-refractivity contribution in [3.63, 3.8) is 0 Å². The fraction of sp³-hybridized carbons (Fsp3) is 0.727. The summed E-state index contributed by atoms with van der Waals surface area (Å²) in [5, 5.41) is 10.3. The Kier molecular flexibility index (Phi) is 5.15. The number of hydrogen-bond donors (Lipinski definition) is 1. The molecule has 1 heterocycles. The standard InChI is InChI=1S/C22H32O5/c1-14-6-7-19-22(5,27-19)11-8-17-16(14)12-21(17,4)18(24)9-10-20(3,25)13-26-15(2)23/h9-10,16-17,19,25H,1,6-8,11-13H2,2-5H3/b10-9+/t16-,17-,19-,20-,21-,22-/m1/s1. The highest BCUT2D eigenvalue weighted by molar-refractivity contribution is 5.96. The molecule has 3 rings (SSSR count). The van der Waals surface area contributed by atoms with E-state index in [1.807, 2.05) is 6.92 Å². The molecule has 1 N–H and O–H groups in total. The number of aliphatic hydroxyl groups is 1. The van der Waals surface area contributed by atoms with Gasteiger partial charge in [-0.3, -0.25) is 9.59 Å². The topological polar surface area (TPSA) is 76.1 Å². The lowest BCUT2D eigenvalue weighted by atomic mass is 9.49. The third-order valence-corrected chi connectivity index (χ3v) is 6.91. The average Bonchev–Trinajstić information content (AvgIpc) is 3.22. The Hall–Kier alpha value is -1.46. The van der Waals surface area contributed by atoms with Crippen molar-refractivity contribution in [3.05, 3.63) is 24.3 Å². The highest BCUT2D eigenvalue weighted by Crippen LogP contribution is 2.60. The van der Waals surface area contributed by atoms with E-state index in [0.717, 1.165) is 32.1 Å². The first-order valence-corrected chi connectivity index (χ1v) is 9.92. The van der Waals surface area contributed by atoms with E-state index in [0.29, 0.717) is 12.0 Å². The maximum absolute atomic E-state index is 13.0. The van der Waals surface area contributed by atoms with Crippen molar-refractivity contribution in [3.8, 4) is 0 Å². The van der Waals surface area contributed by atoms with Gasteiger partial charge in [0.15, 0.2) is 5.78 Å². The van der Waals surface area contributed by atoms with Gasteiger partial charge >= 0.3 is 5.97 Å². The van der Waals surface area contributed by atoms with Gasteiger partial charge in [0.25, 0.3) is 0 Å². The van der Waals surface area contributed by atoms with Crippen molar-refractivity contribution in [2.24, 2.45) is 17.3 Å². The van der Waals surface area contributed by atoms with Gasteiger partial charge < -0.3 is 14.6 Å². The molecule has 0 spiro atoms. The van der Waals surface area contributed by atoms with Crippen molar-refractivity contribution in [2.75, 3.05) is 6.61 Å². The summed E-state index contributed by atoms with van der Waals surface area (Å²) in [5.41, 5.74) is -0.577. The molecule has 0 amide bonds. The first-order valence-electron chi connectivity index (χ1n) is 9.92. The van der Waals surface area contributed by atoms with Crippen LogP contribution in [0.15, 0.2) is 24.3 Å². The number of ether oxygens (including phenoxy) is 2. The summed E-state index contributed by atoms with van der Waals surface area (Å²) < 4.78 is 10.7. The molecule has 0 bridgehead atoms. The van der Waals surface area contributed by atoms with E-state index in [1.54, 1.807) is 0 Å². The number of epoxide rings is 1. The zero-order valence-electron chi connectivity index (χ0n) is 16.9. The minimum absolute atomic E-state index is 0.0253. The smallest absolute Gasteiger partial charge is 0.302 e. The van der Waals surface area contributed by atoms with E-state index in [-0.39, 0.29) is 23.9 Å². The fourth-order valence-corrected chi connectivity index (χ4v) is 4.83. The van der Waals surface area contributed by atoms with Crippen LogP contribution in [0.1, 0.15) is 59.8 Å². The zero-order chi connectivity index (χ0) is 20.0. The second-order valence-corrected chi connectivity index (χ2v) is 9.32. The fourth-order valence-electron chi connectivity index (χ4n) is 4.83. The molecule has 1 aliphatic heterocycles. The van der Waals surface area contributed by atoms with E-state index >= 15 is 0 Å². The second kappa shape index (κ2) is 6.85. The molecule has 0 radical (unpaired) electrons. The molecule has 27 heavy (non-hydrogen) atoms. The Morgan fingerprint density at radius 1 is 1.41 bits per heavy atom. The molecule has 2 saturated carbocycles. The minimum Gasteiger partial charge on any atom is -0.462 e. The van der Waals surface area contributed by atoms with Crippen molar-refractivity contribution in [1.82, 2.24) is 0 Å². The number of carbonyl (C=O) groups is 2. The van der Waals surface area contributed by atoms with Gasteiger partial charge in [0.2, 0.25) is 0 Å². The van der Waals surface area contributed by atoms with Crippen LogP contribution in [-0.4, -0.2) is 40.8 Å². The van der Waals surface area contributed by atoms with Crippen molar-refractivity contribution >= 4 is 11.8 Å². The molecule has 5 heteroatoms. The summed E-state index contributed by atoms with van der Waals surface area (Å²) in [4.78, 5) is 23.9. The quantitative estimate of drug-likeness (QED) is 0.345. The normalized spacial score (nSPS) is 40.5. The van der Waals surface area contributed by atoms with Crippen molar-refractivity contribution < 1.29 is 24.2 Å². The third-order valence-electron chi connectivity index (χ3n) is 6.91. The third kappa shape index (κ3) is 4.04. The molecule has 6 atom stereocenters. The molecule has 1 saturated heterocycles. The highest BCUT2D eigenvalue weighted by atomic mass is 16.6. The molecule has 3 aliphatic rings. The molecular weight excluding hydrogens is 344 g/mol. The minimum atomic E-state index is -1.36. The lowest BCUT2D eigenvalue weighted by Crippen LogP contribution is -2.51. The molecule has 0 aromatic rings. The first-order chi connectivity index (χ1) is 12.5. The molecular formula is C22H32O5. The number of esters is 1. The van der Waals surface area contributed by atoms with Gasteiger partial charge in [-0.25, -0.2) is 0 Å². The lowest BCUT2D eigenvalue weighted by Gasteiger charge is -2.53. The van der Waals surface area contributed by atoms with E-state index < -0.39 is 17.0 Å². The van der Waals surface area contributed by atoms with E-state index in [9.17, 15) is 14.7 Å². The van der Waals surface area contributed by atoms with Crippen LogP contribution >= 0.6 is 0 Å². The summed E-state index contributed by atoms with van der Waals surface area (Å²) in [6.45, 7) is 11.1. The zero-order valence-corrected chi connectivity index (χ0v) is 16.9.